The number of rotatable bonds is 2. The number of carbonyl (C=O) groups excluding carboxylic acids is 1. The molecule has 0 fully saturated rings. The van der Waals surface area contributed by atoms with Crippen molar-refractivity contribution >= 4 is 5.91 Å². The van der Waals surface area contributed by atoms with Crippen LogP contribution in [0.2, 0.25) is 0 Å². The number of alkyl halides is 1. The highest BCUT2D eigenvalue weighted by Crippen LogP contribution is 2.12. The van der Waals surface area contributed by atoms with Crippen molar-refractivity contribution in [2.75, 3.05) is 0 Å². The van der Waals surface area contributed by atoms with Crippen molar-refractivity contribution in [2.24, 2.45) is 0 Å². The minimum Gasteiger partial charge on any atom is -0.323 e. The third-order valence-corrected chi connectivity index (χ3v) is 1.42. The zero-order valence-corrected chi connectivity index (χ0v) is 6.75. The fourth-order valence-electron chi connectivity index (χ4n) is 0.884. The first kappa shape index (κ1) is 8.71. The number of carbonyl (C=O) groups is 1. The Balaban J connectivity index is 2.65. The van der Waals surface area contributed by atoms with Crippen LogP contribution in [0.4, 0.5) is 4.39 Å². The Kier molecular flexibility index (Phi) is 2.80. The van der Waals surface area contributed by atoms with Crippen molar-refractivity contribution < 1.29 is 9.18 Å². The largest absolute Gasteiger partial charge is 0.323 e. The van der Waals surface area contributed by atoms with Crippen LogP contribution in [0.5, 0.6) is 0 Å². The van der Waals surface area contributed by atoms with E-state index in [9.17, 15) is 9.18 Å². The zero-order chi connectivity index (χ0) is 8.97. The summed E-state index contributed by atoms with van der Waals surface area (Å²) in [5, 5.41) is 2.15. The van der Waals surface area contributed by atoms with E-state index in [2.05, 4.69) is 5.32 Å². The van der Waals surface area contributed by atoms with E-state index in [4.69, 9.17) is 0 Å². The molecule has 0 heterocycles. The smallest absolute Gasteiger partial charge is 0.219 e. The third kappa shape index (κ3) is 2.34. The molecule has 3 heteroatoms. The van der Waals surface area contributed by atoms with Crippen LogP contribution in [0.3, 0.4) is 0 Å². The van der Waals surface area contributed by atoms with E-state index >= 15 is 0 Å². The lowest BCUT2D eigenvalue weighted by Crippen LogP contribution is -2.22. The molecule has 0 aliphatic heterocycles. The minimum atomic E-state index is -1.40. The van der Waals surface area contributed by atoms with Crippen molar-refractivity contribution in [3.05, 3.63) is 35.9 Å². The number of halogens is 1. The standard InChI is InChI=1S/C9H10FNO/c1-7(12)11-9(10)8-5-3-2-4-6-8/h2-6,9H,1H3,(H,11,12). The molecular weight excluding hydrogens is 157 g/mol. The van der Waals surface area contributed by atoms with Crippen molar-refractivity contribution in [2.45, 2.75) is 13.2 Å². The quantitative estimate of drug-likeness (QED) is 0.668. The SMILES string of the molecule is CC(=O)NC(F)c1ccccc1. The summed E-state index contributed by atoms with van der Waals surface area (Å²) < 4.78 is 13.1. The summed E-state index contributed by atoms with van der Waals surface area (Å²) in [4.78, 5) is 10.5. The lowest BCUT2D eigenvalue weighted by atomic mass is 10.2. The van der Waals surface area contributed by atoms with Crippen LogP contribution in [0.15, 0.2) is 30.3 Å². The second kappa shape index (κ2) is 3.85. The molecule has 1 aromatic carbocycles. The van der Waals surface area contributed by atoms with Gasteiger partial charge >= 0.3 is 0 Å². The molecule has 0 aromatic heterocycles. The molecule has 1 aromatic rings. The van der Waals surface area contributed by atoms with Crippen LogP contribution >= 0.6 is 0 Å². The van der Waals surface area contributed by atoms with E-state index in [-0.39, 0.29) is 5.91 Å². The third-order valence-electron chi connectivity index (χ3n) is 1.42. The molecule has 0 radical (unpaired) electrons. The van der Waals surface area contributed by atoms with Gasteiger partial charge in [-0.1, -0.05) is 30.3 Å². The summed E-state index contributed by atoms with van der Waals surface area (Å²) in [5.74, 6) is -0.369. The number of amides is 1. The Morgan fingerprint density at radius 3 is 2.50 bits per heavy atom. The second-order valence-corrected chi connectivity index (χ2v) is 2.47. The Morgan fingerprint density at radius 1 is 1.42 bits per heavy atom. The minimum absolute atomic E-state index is 0.369. The molecule has 2 nitrogen and oxygen atoms in total. The number of hydrogen-bond acceptors (Lipinski definition) is 1. The van der Waals surface area contributed by atoms with Gasteiger partial charge in [0.05, 0.1) is 0 Å². The van der Waals surface area contributed by atoms with Crippen LogP contribution in [0, 0.1) is 0 Å². The lowest BCUT2D eigenvalue weighted by molar-refractivity contribution is -0.120. The van der Waals surface area contributed by atoms with Crippen LogP contribution < -0.4 is 5.32 Å². The van der Waals surface area contributed by atoms with Crippen LogP contribution in [-0.4, -0.2) is 5.91 Å². The molecule has 0 bridgehead atoms. The van der Waals surface area contributed by atoms with Gasteiger partial charge < -0.3 is 5.32 Å². The molecule has 0 saturated carbocycles. The van der Waals surface area contributed by atoms with Crippen molar-refractivity contribution in [3.8, 4) is 0 Å². The molecule has 1 rings (SSSR count). The van der Waals surface area contributed by atoms with E-state index in [0.29, 0.717) is 5.56 Å². The van der Waals surface area contributed by atoms with Gasteiger partial charge in [0.1, 0.15) is 0 Å². The summed E-state index contributed by atoms with van der Waals surface area (Å²) in [6.07, 6.45) is -1.40. The van der Waals surface area contributed by atoms with E-state index < -0.39 is 6.30 Å². The van der Waals surface area contributed by atoms with Crippen molar-refractivity contribution in [1.82, 2.24) is 5.32 Å². The normalized spacial score (nSPS) is 12.2. The molecule has 1 amide bonds. The first-order valence-electron chi connectivity index (χ1n) is 3.66. The Bertz CT molecular complexity index is 260. The Morgan fingerprint density at radius 2 is 2.00 bits per heavy atom. The van der Waals surface area contributed by atoms with Gasteiger partial charge in [0, 0.05) is 12.5 Å². The van der Waals surface area contributed by atoms with Gasteiger partial charge in [-0.05, 0) is 0 Å². The highest BCUT2D eigenvalue weighted by Gasteiger charge is 2.08. The fraction of sp³-hybridized carbons (Fsp3) is 0.222. The molecule has 0 spiro atoms. The second-order valence-electron chi connectivity index (χ2n) is 2.47. The fourth-order valence-corrected chi connectivity index (χ4v) is 0.884. The highest BCUT2D eigenvalue weighted by atomic mass is 19.1. The molecule has 0 aliphatic carbocycles. The Labute approximate surface area is 70.4 Å². The Hall–Kier alpha value is -1.38. The highest BCUT2D eigenvalue weighted by molar-refractivity contribution is 5.73. The monoisotopic (exact) mass is 167 g/mol. The molecule has 0 aliphatic rings. The summed E-state index contributed by atoms with van der Waals surface area (Å²) >= 11 is 0. The average Bonchev–Trinajstić information content (AvgIpc) is 2.05. The lowest BCUT2D eigenvalue weighted by Gasteiger charge is -2.07. The summed E-state index contributed by atoms with van der Waals surface area (Å²) in [5.41, 5.74) is 0.465. The summed E-state index contributed by atoms with van der Waals surface area (Å²) in [7, 11) is 0. The van der Waals surface area contributed by atoms with Gasteiger partial charge in [-0.15, -0.1) is 0 Å². The molecule has 64 valence electrons. The van der Waals surface area contributed by atoms with Crippen LogP contribution in [-0.2, 0) is 4.79 Å². The predicted molar refractivity (Wildman–Crippen MR) is 44.1 cm³/mol. The molecule has 1 unspecified atom stereocenters. The predicted octanol–water partition coefficient (Wildman–Crippen LogP) is 1.79. The first-order chi connectivity index (χ1) is 5.70. The topological polar surface area (TPSA) is 29.1 Å². The molecule has 1 N–H and O–H groups in total. The maximum absolute atomic E-state index is 13.1. The molecule has 1 atom stereocenters. The molecule has 0 saturated heterocycles. The van der Waals surface area contributed by atoms with E-state index in [0.717, 1.165) is 0 Å². The zero-order valence-electron chi connectivity index (χ0n) is 6.75. The van der Waals surface area contributed by atoms with Gasteiger partial charge in [-0.3, -0.25) is 4.79 Å². The number of hydrogen-bond donors (Lipinski definition) is 1. The van der Waals surface area contributed by atoms with E-state index in [1.165, 1.54) is 6.92 Å². The van der Waals surface area contributed by atoms with Crippen molar-refractivity contribution in [1.29, 1.82) is 0 Å². The van der Waals surface area contributed by atoms with E-state index in [1.807, 2.05) is 0 Å². The molecule has 12 heavy (non-hydrogen) atoms. The summed E-state index contributed by atoms with van der Waals surface area (Å²) in [6, 6.07) is 8.50. The first-order valence-corrected chi connectivity index (χ1v) is 3.66. The van der Waals surface area contributed by atoms with Crippen molar-refractivity contribution in [3.63, 3.8) is 0 Å². The van der Waals surface area contributed by atoms with Gasteiger partial charge in [-0.2, -0.15) is 0 Å². The average molecular weight is 167 g/mol. The van der Waals surface area contributed by atoms with E-state index in [1.54, 1.807) is 30.3 Å². The number of benzene rings is 1. The van der Waals surface area contributed by atoms with Gasteiger partial charge in [0.25, 0.3) is 0 Å². The van der Waals surface area contributed by atoms with Gasteiger partial charge in [-0.25, -0.2) is 4.39 Å². The van der Waals surface area contributed by atoms with Gasteiger partial charge in [0.2, 0.25) is 5.91 Å². The maximum Gasteiger partial charge on any atom is 0.219 e. The van der Waals surface area contributed by atoms with Crippen LogP contribution in [0.1, 0.15) is 18.8 Å². The van der Waals surface area contributed by atoms with Gasteiger partial charge in [0.15, 0.2) is 6.30 Å². The maximum atomic E-state index is 13.1. The summed E-state index contributed by atoms with van der Waals surface area (Å²) in [6.45, 7) is 1.29. The van der Waals surface area contributed by atoms with Crippen LogP contribution in [0.25, 0.3) is 0 Å². The number of nitrogens with one attached hydrogen (secondary N) is 1. The molecular formula is C9H10FNO.